The molecule has 0 heterocycles. The van der Waals surface area contributed by atoms with E-state index in [0.717, 1.165) is 27.3 Å². The number of hydrogen-bond acceptors (Lipinski definition) is 4. The Labute approximate surface area is 210 Å². The number of anilines is 1. The van der Waals surface area contributed by atoms with E-state index in [1.165, 1.54) is 4.90 Å². The Morgan fingerprint density at radius 1 is 1.03 bits per heavy atom. The zero-order valence-electron chi connectivity index (χ0n) is 22.0. The van der Waals surface area contributed by atoms with Crippen LogP contribution in [0, 0.1) is 6.92 Å². The summed E-state index contributed by atoms with van der Waals surface area (Å²) in [5.41, 5.74) is 3.30. The number of nitrogens with zero attached hydrogens (tertiary/aromatic N) is 2. The van der Waals surface area contributed by atoms with Gasteiger partial charge in [0, 0.05) is 13.1 Å². The number of likely N-dealkylation sites (N-methyl/N-ethyl adjacent to an activating group) is 1. The van der Waals surface area contributed by atoms with Gasteiger partial charge in [-0.25, -0.2) is 8.42 Å². The molecule has 0 radical (unpaired) electrons. The standard InChI is InChI=1S/C27H39N3O4S/c1-8-24(26(32)28-9-2)29(18-21-12-10-11-20(3)17-21)25(31)19-30(35(7,33)34)23-15-13-22(14-16-23)27(4,5)6/h10-17,24H,8-9,18-19H2,1-7H3,(H,28,32)/t24-/m0/s1. The van der Waals surface area contributed by atoms with Crippen LogP contribution < -0.4 is 9.62 Å². The molecule has 0 aliphatic rings. The minimum Gasteiger partial charge on any atom is -0.355 e. The van der Waals surface area contributed by atoms with E-state index in [-0.39, 0.29) is 17.9 Å². The molecule has 7 nitrogen and oxygen atoms in total. The summed E-state index contributed by atoms with van der Waals surface area (Å²) >= 11 is 0. The molecule has 0 unspecified atom stereocenters. The molecule has 192 valence electrons. The highest BCUT2D eigenvalue weighted by molar-refractivity contribution is 7.92. The maximum atomic E-state index is 13.6. The average molecular weight is 502 g/mol. The summed E-state index contributed by atoms with van der Waals surface area (Å²) in [4.78, 5) is 28.0. The maximum Gasteiger partial charge on any atom is 0.244 e. The fourth-order valence-electron chi connectivity index (χ4n) is 3.96. The molecule has 35 heavy (non-hydrogen) atoms. The number of amides is 2. The first-order valence-electron chi connectivity index (χ1n) is 12.0. The zero-order chi connectivity index (χ0) is 26.4. The van der Waals surface area contributed by atoms with Gasteiger partial charge in [-0.15, -0.1) is 0 Å². The summed E-state index contributed by atoms with van der Waals surface area (Å²) in [5.74, 6) is -0.689. The van der Waals surface area contributed by atoms with Crippen LogP contribution in [0.5, 0.6) is 0 Å². The van der Waals surface area contributed by atoms with E-state index in [1.54, 1.807) is 12.1 Å². The Morgan fingerprint density at radius 3 is 2.14 bits per heavy atom. The van der Waals surface area contributed by atoms with E-state index >= 15 is 0 Å². The van der Waals surface area contributed by atoms with E-state index in [1.807, 2.05) is 57.2 Å². The first kappa shape index (κ1) is 28.4. The van der Waals surface area contributed by atoms with Crippen molar-refractivity contribution >= 4 is 27.5 Å². The van der Waals surface area contributed by atoms with Gasteiger partial charge in [-0.1, -0.05) is 69.7 Å². The van der Waals surface area contributed by atoms with Gasteiger partial charge in [-0.3, -0.25) is 13.9 Å². The number of carbonyl (C=O) groups excluding carboxylic acids is 2. The highest BCUT2D eigenvalue weighted by atomic mass is 32.2. The minimum atomic E-state index is -3.75. The normalized spacial score (nSPS) is 12.7. The molecule has 0 fully saturated rings. The Kier molecular flexibility index (Phi) is 9.49. The topological polar surface area (TPSA) is 86.8 Å². The third kappa shape index (κ3) is 7.82. The number of sulfonamides is 1. The van der Waals surface area contributed by atoms with Gasteiger partial charge in [0.05, 0.1) is 11.9 Å². The zero-order valence-corrected chi connectivity index (χ0v) is 22.8. The third-order valence-electron chi connectivity index (χ3n) is 5.87. The second-order valence-corrected chi connectivity index (χ2v) is 11.8. The highest BCUT2D eigenvalue weighted by Gasteiger charge is 2.31. The van der Waals surface area contributed by atoms with Crippen molar-refractivity contribution in [3.05, 3.63) is 65.2 Å². The molecule has 8 heteroatoms. The van der Waals surface area contributed by atoms with Gasteiger partial charge in [-0.2, -0.15) is 0 Å². The first-order valence-corrected chi connectivity index (χ1v) is 13.8. The molecule has 2 aromatic rings. The fourth-order valence-corrected chi connectivity index (χ4v) is 4.81. The summed E-state index contributed by atoms with van der Waals surface area (Å²) in [7, 11) is -3.75. The monoisotopic (exact) mass is 501 g/mol. The molecule has 0 saturated heterocycles. The van der Waals surface area contributed by atoms with Crippen LogP contribution in [0.15, 0.2) is 48.5 Å². The molecule has 0 spiro atoms. The first-order chi connectivity index (χ1) is 16.3. The average Bonchev–Trinajstić information content (AvgIpc) is 2.76. The number of hydrogen-bond donors (Lipinski definition) is 1. The van der Waals surface area contributed by atoms with Gasteiger partial charge < -0.3 is 10.2 Å². The van der Waals surface area contributed by atoms with E-state index < -0.39 is 28.5 Å². The van der Waals surface area contributed by atoms with E-state index in [9.17, 15) is 18.0 Å². The van der Waals surface area contributed by atoms with Crippen molar-refractivity contribution < 1.29 is 18.0 Å². The lowest BCUT2D eigenvalue weighted by Crippen LogP contribution is -2.52. The van der Waals surface area contributed by atoms with Gasteiger partial charge in [0.2, 0.25) is 21.8 Å². The largest absolute Gasteiger partial charge is 0.355 e. The molecule has 1 atom stereocenters. The molecule has 0 aliphatic carbocycles. The lowest BCUT2D eigenvalue weighted by atomic mass is 9.87. The third-order valence-corrected chi connectivity index (χ3v) is 7.01. The van der Waals surface area contributed by atoms with Crippen LogP contribution in [0.1, 0.15) is 57.7 Å². The van der Waals surface area contributed by atoms with Crippen molar-refractivity contribution in [1.29, 1.82) is 0 Å². The lowest BCUT2D eigenvalue weighted by Gasteiger charge is -2.33. The summed E-state index contributed by atoms with van der Waals surface area (Å²) in [5, 5.41) is 2.80. The van der Waals surface area contributed by atoms with E-state index in [0.29, 0.717) is 18.7 Å². The lowest BCUT2D eigenvalue weighted by molar-refractivity contribution is -0.140. The second-order valence-electron chi connectivity index (χ2n) is 9.90. The smallest absolute Gasteiger partial charge is 0.244 e. The van der Waals surface area contributed by atoms with Gasteiger partial charge in [0.1, 0.15) is 12.6 Å². The van der Waals surface area contributed by atoms with Crippen molar-refractivity contribution in [2.45, 2.75) is 66.0 Å². The molecule has 1 N–H and O–H groups in total. The van der Waals surface area contributed by atoms with Crippen molar-refractivity contribution in [3.63, 3.8) is 0 Å². The van der Waals surface area contributed by atoms with Crippen molar-refractivity contribution in [3.8, 4) is 0 Å². The van der Waals surface area contributed by atoms with Crippen molar-refractivity contribution in [1.82, 2.24) is 10.2 Å². The van der Waals surface area contributed by atoms with Crippen LogP contribution >= 0.6 is 0 Å². The van der Waals surface area contributed by atoms with E-state index in [4.69, 9.17) is 0 Å². The number of nitrogens with one attached hydrogen (secondary N) is 1. The fraction of sp³-hybridized carbons (Fsp3) is 0.481. The Morgan fingerprint density at radius 2 is 1.66 bits per heavy atom. The molecule has 2 aromatic carbocycles. The van der Waals surface area contributed by atoms with Crippen molar-refractivity contribution in [2.75, 3.05) is 23.7 Å². The summed E-state index contributed by atoms with van der Waals surface area (Å²) in [6.07, 6.45) is 1.49. The van der Waals surface area contributed by atoms with Crippen LogP contribution in [0.4, 0.5) is 5.69 Å². The number of carbonyl (C=O) groups is 2. The summed E-state index contributed by atoms with van der Waals surface area (Å²) in [6.45, 7) is 12.1. The van der Waals surface area contributed by atoms with Gasteiger partial charge in [0.25, 0.3) is 0 Å². The Hall–Kier alpha value is -2.87. The van der Waals surface area contributed by atoms with Gasteiger partial charge >= 0.3 is 0 Å². The predicted octanol–water partition coefficient (Wildman–Crippen LogP) is 4.00. The Bertz CT molecular complexity index is 1120. The quantitative estimate of drug-likeness (QED) is 0.533. The van der Waals surface area contributed by atoms with Gasteiger partial charge in [-0.05, 0) is 48.9 Å². The highest BCUT2D eigenvalue weighted by Crippen LogP contribution is 2.26. The van der Waals surface area contributed by atoms with Crippen LogP contribution in [0.3, 0.4) is 0 Å². The molecule has 0 aromatic heterocycles. The molecule has 2 rings (SSSR count). The number of aryl methyl sites for hydroxylation is 1. The van der Waals surface area contributed by atoms with Crippen LogP contribution in [-0.2, 0) is 31.6 Å². The van der Waals surface area contributed by atoms with E-state index in [2.05, 4.69) is 26.1 Å². The predicted molar refractivity (Wildman–Crippen MR) is 142 cm³/mol. The molecule has 0 aliphatic heterocycles. The summed E-state index contributed by atoms with van der Waals surface area (Å²) < 4.78 is 26.6. The number of rotatable bonds is 10. The van der Waals surface area contributed by atoms with Crippen LogP contribution in [0.25, 0.3) is 0 Å². The molecular weight excluding hydrogens is 462 g/mol. The van der Waals surface area contributed by atoms with Crippen LogP contribution in [0.2, 0.25) is 0 Å². The Balaban J connectivity index is 2.44. The maximum absolute atomic E-state index is 13.6. The van der Waals surface area contributed by atoms with Crippen molar-refractivity contribution in [2.24, 2.45) is 0 Å². The summed E-state index contributed by atoms with van der Waals surface area (Å²) in [6, 6.07) is 14.2. The van der Waals surface area contributed by atoms with Gasteiger partial charge in [0.15, 0.2) is 0 Å². The molecule has 0 saturated carbocycles. The second kappa shape index (κ2) is 11.7. The minimum absolute atomic E-state index is 0.0874. The number of benzene rings is 2. The molecule has 2 amide bonds. The molecule has 0 bridgehead atoms. The van der Waals surface area contributed by atoms with Crippen LogP contribution in [-0.4, -0.2) is 50.5 Å². The SMILES string of the molecule is CCNC(=O)[C@H](CC)N(Cc1cccc(C)c1)C(=O)CN(c1ccc(C(C)(C)C)cc1)S(C)(=O)=O. The molecular formula is C27H39N3O4S.